The number of nitrogens with zero attached hydrogens (tertiary/aromatic N) is 4. The summed E-state index contributed by atoms with van der Waals surface area (Å²) in [6.07, 6.45) is 3.18. The summed E-state index contributed by atoms with van der Waals surface area (Å²) in [5.41, 5.74) is 3.16. The largest absolute Gasteiger partial charge is 0.446 e. The van der Waals surface area contributed by atoms with Crippen molar-refractivity contribution in [2.24, 2.45) is 0 Å². The number of fused-ring (bicyclic) bond motifs is 1. The van der Waals surface area contributed by atoms with Crippen LogP contribution in [0.1, 0.15) is 18.1 Å². The summed E-state index contributed by atoms with van der Waals surface area (Å²) in [5, 5.41) is 6.43. The molecule has 2 N–H and O–H groups in total. The minimum Gasteiger partial charge on any atom is -0.446 e. The lowest BCUT2D eigenvalue weighted by Crippen LogP contribution is -2.43. The van der Waals surface area contributed by atoms with Gasteiger partial charge in [-0.05, 0) is 37.6 Å². The third kappa shape index (κ3) is 4.16. The van der Waals surface area contributed by atoms with E-state index in [1.165, 1.54) is 6.33 Å². The topological polar surface area (TPSA) is 66.7 Å². The standard InChI is InChI=1S/C25H22F2N6O/c1-15-11-18-19(12-15)22(27)21(13-20(18)26)34-25-23(28-2)24(30-14-31-25)32-16-3-5-17(6-4-16)33-9-7-29-8-10-33/h3-6,12-14,29H,7-11H2,1H3,(H,30,31,32). The lowest BCUT2D eigenvalue weighted by atomic mass is 10.1. The molecule has 34 heavy (non-hydrogen) atoms. The maximum Gasteiger partial charge on any atom is 0.288 e. The van der Waals surface area contributed by atoms with Gasteiger partial charge in [0, 0.05) is 54.7 Å². The third-order valence-corrected chi connectivity index (χ3v) is 5.89. The first-order valence-corrected chi connectivity index (χ1v) is 10.9. The summed E-state index contributed by atoms with van der Waals surface area (Å²) in [7, 11) is 0. The van der Waals surface area contributed by atoms with Crippen LogP contribution in [-0.4, -0.2) is 36.1 Å². The SMILES string of the molecule is [C-]#[N+]c1c(Nc2ccc(N3CCNCC3)cc2)ncnc1Oc1cc(F)c2c(c1F)C=C(C)C2. The summed E-state index contributed by atoms with van der Waals surface area (Å²) < 4.78 is 35.1. The fourth-order valence-electron chi connectivity index (χ4n) is 4.19. The van der Waals surface area contributed by atoms with Crippen LogP contribution >= 0.6 is 0 Å². The second kappa shape index (κ2) is 9.08. The van der Waals surface area contributed by atoms with Gasteiger partial charge in [0.15, 0.2) is 11.6 Å². The van der Waals surface area contributed by atoms with E-state index >= 15 is 4.39 Å². The molecular formula is C25H22F2N6O. The summed E-state index contributed by atoms with van der Waals surface area (Å²) in [6, 6.07) is 8.80. The van der Waals surface area contributed by atoms with Crippen molar-refractivity contribution < 1.29 is 13.5 Å². The third-order valence-electron chi connectivity index (χ3n) is 5.89. The Bertz CT molecular complexity index is 1310. The molecule has 1 aliphatic heterocycles. The van der Waals surface area contributed by atoms with Crippen LogP contribution in [0.2, 0.25) is 0 Å². The van der Waals surface area contributed by atoms with Crippen molar-refractivity contribution >= 4 is 29.0 Å². The van der Waals surface area contributed by atoms with E-state index in [0.29, 0.717) is 12.0 Å². The predicted octanol–water partition coefficient (Wildman–Crippen LogP) is 5.21. The minimum atomic E-state index is -0.680. The molecule has 0 atom stereocenters. The maximum atomic E-state index is 15.0. The molecule has 0 spiro atoms. The van der Waals surface area contributed by atoms with Crippen LogP contribution in [0.4, 0.5) is 31.7 Å². The Morgan fingerprint density at radius 1 is 1.15 bits per heavy atom. The fourth-order valence-corrected chi connectivity index (χ4v) is 4.19. The van der Waals surface area contributed by atoms with E-state index in [2.05, 4.69) is 30.3 Å². The number of aromatic nitrogens is 2. The average molecular weight is 460 g/mol. The van der Waals surface area contributed by atoms with Crippen molar-refractivity contribution in [2.75, 3.05) is 36.4 Å². The minimum absolute atomic E-state index is 0.0271. The Morgan fingerprint density at radius 3 is 2.65 bits per heavy atom. The Hall–Kier alpha value is -4.03. The molecule has 0 unspecified atom stereocenters. The van der Waals surface area contributed by atoms with Gasteiger partial charge in [-0.1, -0.05) is 11.6 Å². The highest BCUT2D eigenvalue weighted by Gasteiger charge is 2.24. The zero-order valence-corrected chi connectivity index (χ0v) is 18.5. The fraction of sp³-hybridized carbons (Fsp3) is 0.240. The van der Waals surface area contributed by atoms with E-state index in [-0.39, 0.29) is 28.7 Å². The molecule has 7 nitrogen and oxygen atoms in total. The smallest absolute Gasteiger partial charge is 0.288 e. The van der Waals surface area contributed by atoms with Crippen molar-refractivity contribution in [1.82, 2.24) is 15.3 Å². The van der Waals surface area contributed by atoms with Gasteiger partial charge in [-0.2, -0.15) is 0 Å². The monoisotopic (exact) mass is 460 g/mol. The van der Waals surface area contributed by atoms with Crippen molar-refractivity contribution in [3.8, 4) is 11.6 Å². The molecule has 3 aromatic rings. The van der Waals surface area contributed by atoms with E-state index in [1.807, 2.05) is 31.2 Å². The first-order chi connectivity index (χ1) is 16.5. The molecule has 1 aromatic heterocycles. The summed E-state index contributed by atoms with van der Waals surface area (Å²) in [6.45, 7) is 13.2. The van der Waals surface area contributed by atoms with Gasteiger partial charge < -0.3 is 20.3 Å². The molecule has 0 bridgehead atoms. The maximum absolute atomic E-state index is 15.0. The molecule has 1 fully saturated rings. The van der Waals surface area contributed by atoms with Crippen LogP contribution in [0.5, 0.6) is 11.6 Å². The van der Waals surface area contributed by atoms with E-state index in [0.717, 1.165) is 49.2 Å². The molecule has 2 aliphatic rings. The van der Waals surface area contributed by atoms with Crippen molar-refractivity contribution in [3.05, 3.63) is 76.4 Å². The molecule has 172 valence electrons. The van der Waals surface area contributed by atoms with E-state index in [1.54, 1.807) is 6.08 Å². The van der Waals surface area contributed by atoms with Gasteiger partial charge in [0.1, 0.15) is 18.0 Å². The highest BCUT2D eigenvalue weighted by molar-refractivity contribution is 5.76. The van der Waals surface area contributed by atoms with Crippen LogP contribution in [0.3, 0.4) is 0 Å². The number of hydrogen-bond acceptors (Lipinski definition) is 6. The van der Waals surface area contributed by atoms with Crippen LogP contribution in [0.25, 0.3) is 10.9 Å². The number of ether oxygens (including phenoxy) is 1. The second-order valence-corrected chi connectivity index (χ2v) is 8.23. The van der Waals surface area contributed by atoms with Gasteiger partial charge in [0.25, 0.3) is 5.69 Å². The summed E-state index contributed by atoms with van der Waals surface area (Å²) in [5.74, 6) is -1.49. The lowest BCUT2D eigenvalue weighted by molar-refractivity contribution is 0.422. The number of anilines is 3. The van der Waals surface area contributed by atoms with Crippen LogP contribution in [0.15, 0.2) is 42.2 Å². The predicted molar refractivity (Wildman–Crippen MR) is 127 cm³/mol. The normalized spacial score (nSPS) is 14.9. The number of benzene rings is 2. The van der Waals surface area contributed by atoms with Crippen LogP contribution in [0, 0.1) is 18.2 Å². The molecule has 0 saturated carbocycles. The quantitative estimate of drug-likeness (QED) is 0.510. The van der Waals surface area contributed by atoms with Crippen molar-refractivity contribution in [2.45, 2.75) is 13.3 Å². The Morgan fingerprint density at radius 2 is 1.91 bits per heavy atom. The number of rotatable bonds is 5. The van der Waals surface area contributed by atoms with Crippen LogP contribution < -0.4 is 20.3 Å². The van der Waals surface area contributed by atoms with Gasteiger partial charge >= 0.3 is 0 Å². The van der Waals surface area contributed by atoms with E-state index in [4.69, 9.17) is 11.3 Å². The Labute approximate surface area is 195 Å². The highest BCUT2D eigenvalue weighted by Crippen LogP contribution is 2.40. The van der Waals surface area contributed by atoms with Gasteiger partial charge in [0.2, 0.25) is 5.88 Å². The van der Waals surface area contributed by atoms with Gasteiger partial charge in [-0.15, -0.1) is 0 Å². The van der Waals surface area contributed by atoms with Gasteiger partial charge in [0.05, 0.1) is 6.57 Å². The van der Waals surface area contributed by atoms with Crippen molar-refractivity contribution in [1.29, 1.82) is 0 Å². The Balaban J connectivity index is 1.40. The lowest BCUT2D eigenvalue weighted by Gasteiger charge is -2.29. The van der Waals surface area contributed by atoms with Crippen LogP contribution in [-0.2, 0) is 6.42 Å². The molecule has 0 radical (unpaired) electrons. The highest BCUT2D eigenvalue weighted by atomic mass is 19.1. The number of piperazine rings is 1. The van der Waals surface area contributed by atoms with E-state index in [9.17, 15) is 4.39 Å². The molecule has 2 aromatic carbocycles. The number of allylic oxidation sites excluding steroid dienone is 1. The molecule has 5 rings (SSSR count). The number of halogens is 2. The Kier molecular flexibility index (Phi) is 5.82. The first-order valence-electron chi connectivity index (χ1n) is 10.9. The first kappa shape index (κ1) is 21.8. The number of hydrogen-bond donors (Lipinski definition) is 2. The van der Waals surface area contributed by atoms with E-state index < -0.39 is 11.6 Å². The molecule has 9 heteroatoms. The van der Waals surface area contributed by atoms with Gasteiger partial charge in [-0.3, -0.25) is 0 Å². The summed E-state index contributed by atoms with van der Waals surface area (Å²) >= 11 is 0. The molecule has 1 aliphatic carbocycles. The zero-order valence-electron chi connectivity index (χ0n) is 18.5. The number of nitrogens with one attached hydrogen (secondary N) is 2. The molecular weight excluding hydrogens is 438 g/mol. The average Bonchev–Trinajstić information content (AvgIpc) is 3.26. The molecule has 1 saturated heterocycles. The zero-order chi connectivity index (χ0) is 23.7. The van der Waals surface area contributed by atoms with Crippen molar-refractivity contribution in [3.63, 3.8) is 0 Å². The summed E-state index contributed by atoms with van der Waals surface area (Å²) in [4.78, 5) is 13.9. The second-order valence-electron chi connectivity index (χ2n) is 8.23. The molecule has 2 heterocycles. The molecule has 0 amide bonds. The van der Waals surface area contributed by atoms with Gasteiger partial charge in [-0.25, -0.2) is 23.6 Å².